The Kier molecular flexibility index (Phi) is 4.03. The van der Waals surface area contributed by atoms with E-state index < -0.39 is 0 Å². The number of hydrogen-bond donors (Lipinski definition) is 0. The first kappa shape index (κ1) is 12.1. The average molecular weight is 276 g/mol. The normalized spacial score (nSPS) is 13.4. The predicted octanol–water partition coefficient (Wildman–Crippen LogP) is 5.05. The number of halogens is 2. The molecule has 1 rings (SSSR count). The largest absolute Gasteiger partial charge is 0.0840 e. The van der Waals surface area contributed by atoms with Crippen molar-refractivity contribution in [3.63, 3.8) is 0 Å². The van der Waals surface area contributed by atoms with Crippen molar-refractivity contribution in [2.75, 3.05) is 0 Å². The van der Waals surface area contributed by atoms with Gasteiger partial charge in [-0.3, -0.25) is 0 Å². The van der Waals surface area contributed by atoms with Gasteiger partial charge in [-0.15, -0.1) is 0 Å². The number of rotatable bonds is 2. The van der Waals surface area contributed by atoms with Gasteiger partial charge in [0.05, 0.1) is 0 Å². The number of benzene rings is 1. The monoisotopic (exact) mass is 274 g/mol. The van der Waals surface area contributed by atoms with E-state index in [9.17, 15) is 0 Å². The molecule has 0 heterocycles. The molecule has 0 fully saturated rings. The molecule has 0 amide bonds. The zero-order valence-electron chi connectivity index (χ0n) is 9.07. The highest BCUT2D eigenvalue weighted by atomic mass is 79.9. The molecule has 1 aromatic rings. The highest BCUT2D eigenvalue weighted by molar-refractivity contribution is 9.09. The minimum Gasteiger partial charge on any atom is -0.0840 e. The molecule has 0 radical (unpaired) electrons. The first-order valence-corrected chi connectivity index (χ1v) is 6.13. The van der Waals surface area contributed by atoms with Crippen LogP contribution < -0.4 is 0 Å². The fourth-order valence-electron chi connectivity index (χ4n) is 1.46. The summed E-state index contributed by atoms with van der Waals surface area (Å²) in [6.07, 6.45) is 0. The lowest BCUT2D eigenvalue weighted by atomic mass is 9.97. The van der Waals surface area contributed by atoms with E-state index in [1.165, 1.54) is 11.1 Å². The lowest BCUT2D eigenvalue weighted by molar-refractivity contribution is 0.638. The van der Waals surface area contributed by atoms with Crippen molar-refractivity contribution < 1.29 is 0 Å². The van der Waals surface area contributed by atoms with E-state index in [1.54, 1.807) is 0 Å². The highest BCUT2D eigenvalue weighted by Crippen LogP contribution is 2.34. The van der Waals surface area contributed by atoms with Gasteiger partial charge in [-0.1, -0.05) is 47.4 Å². The van der Waals surface area contributed by atoms with E-state index in [-0.39, 0.29) is 0 Å². The molecule has 14 heavy (non-hydrogen) atoms. The highest BCUT2D eigenvalue weighted by Gasteiger charge is 2.15. The average Bonchev–Trinajstić information content (AvgIpc) is 2.10. The minimum absolute atomic E-state index is 0.415. The molecule has 0 saturated carbocycles. The molecule has 0 saturated heterocycles. The zero-order chi connectivity index (χ0) is 10.9. The molecule has 0 N–H and O–H groups in total. The number of hydrogen-bond acceptors (Lipinski definition) is 0. The predicted molar refractivity (Wildman–Crippen MR) is 67.4 cm³/mol. The van der Waals surface area contributed by atoms with Gasteiger partial charge in [-0.05, 0) is 42.5 Å². The maximum Gasteiger partial charge on any atom is 0.0438 e. The van der Waals surface area contributed by atoms with Crippen LogP contribution in [-0.4, -0.2) is 0 Å². The summed E-state index contributed by atoms with van der Waals surface area (Å²) in [7, 11) is 0. The van der Waals surface area contributed by atoms with Gasteiger partial charge >= 0.3 is 0 Å². The van der Waals surface area contributed by atoms with Gasteiger partial charge in [0.2, 0.25) is 0 Å². The fourth-order valence-corrected chi connectivity index (χ4v) is 2.17. The molecule has 0 spiro atoms. The molecule has 0 nitrogen and oxygen atoms in total. The van der Waals surface area contributed by atoms with E-state index in [0.29, 0.717) is 10.7 Å². The van der Waals surface area contributed by atoms with E-state index in [1.807, 2.05) is 13.0 Å². The number of alkyl halides is 1. The van der Waals surface area contributed by atoms with Crippen molar-refractivity contribution in [1.29, 1.82) is 0 Å². The minimum atomic E-state index is 0.415. The van der Waals surface area contributed by atoms with Crippen molar-refractivity contribution >= 4 is 27.5 Å². The van der Waals surface area contributed by atoms with E-state index in [4.69, 9.17) is 11.6 Å². The van der Waals surface area contributed by atoms with E-state index >= 15 is 0 Å². The first-order valence-electron chi connectivity index (χ1n) is 4.84. The van der Waals surface area contributed by atoms with Crippen LogP contribution in [0.3, 0.4) is 0 Å². The third kappa shape index (κ3) is 2.52. The third-order valence-electron chi connectivity index (χ3n) is 2.43. The lowest BCUT2D eigenvalue weighted by Crippen LogP contribution is -2.01. The van der Waals surface area contributed by atoms with Crippen LogP contribution in [0.4, 0.5) is 0 Å². The summed E-state index contributed by atoms with van der Waals surface area (Å²) in [4.78, 5) is 0.415. The van der Waals surface area contributed by atoms with Gasteiger partial charge in [-0.2, -0.15) is 0 Å². The maximum absolute atomic E-state index is 6.05. The van der Waals surface area contributed by atoms with Gasteiger partial charge in [0.15, 0.2) is 0 Å². The smallest absolute Gasteiger partial charge is 0.0438 e. The Hall–Kier alpha value is -0.0100. The quantitative estimate of drug-likeness (QED) is 0.663. The summed E-state index contributed by atoms with van der Waals surface area (Å²) in [5.74, 6) is 0.592. The van der Waals surface area contributed by atoms with Crippen LogP contribution in [0.1, 0.15) is 35.4 Å². The summed E-state index contributed by atoms with van der Waals surface area (Å²) in [5.41, 5.74) is 3.76. The van der Waals surface area contributed by atoms with Crippen LogP contribution in [0.15, 0.2) is 12.1 Å². The van der Waals surface area contributed by atoms with Crippen LogP contribution in [0, 0.1) is 19.8 Å². The fraction of sp³-hybridized carbons (Fsp3) is 0.500. The topological polar surface area (TPSA) is 0 Å². The van der Waals surface area contributed by atoms with Crippen molar-refractivity contribution in [2.24, 2.45) is 5.92 Å². The number of aryl methyl sites for hydroxylation is 2. The Bertz CT molecular complexity index is 331. The van der Waals surface area contributed by atoms with Crippen molar-refractivity contribution in [1.82, 2.24) is 0 Å². The van der Waals surface area contributed by atoms with Crippen molar-refractivity contribution in [2.45, 2.75) is 32.5 Å². The lowest BCUT2D eigenvalue weighted by Gasteiger charge is -2.17. The van der Waals surface area contributed by atoms with E-state index in [2.05, 4.69) is 42.8 Å². The molecular weight excluding hydrogens is 259 g/mol. The Morgan fingerprint density at radius 2 is 1.71 bits per heavy atom. The Morgan fingerprint density at radius 3 is 2.21 bits per heavy atom. The zero-order valence-corrected chi connectivity index (χ0v) is 11.4. The van der Waals surface area contributed by atoms with Gasteiger partial charge in [0.25, 0.3) is 0 Å². The first-order chi connectivity index (χ1) is 6.43. The third-order valence-corrected chi connectivity index (χ3v) is 4.39. The molecule has 0 aliphatic rings. The van der Waals surface area contributed by atoms with Gasteiger partial charge < -0.3 is 0 Å². The molecule has 1 atom stereocenters. The SMILES string of the molecule is Cc1cc(C(Br)C(C)C)c(C)cc1Cl. The molecule has 0 aliphatic heterocycles. The van der Waals surface area contributed by atoms with Gasteiger partial charge in [0.1, 0.15) is 0 Å². The summed E-state index contributed by atoms with van der Waals surface area (Å²) >= 11 is 9.77. The second kappa shape index (κ2) is 4.67. The molecule has 1 aromatic carbocycles. The Morgan fingerprint density at radius 1 is 1.14 bits per heavy atom. The molecular formula is C12H16BrCl. The van der Waals surface area contributed by atoms with Crippen molar-refractivity contribution in [3.8, 4) is 0 Å². The molecule has 0 aromatic heterocycles. The summed E-state index contributed by atoms with van der Waals surface area (Å²) in [6.45, 7) is 8.58. The van der Waals surface area contributed by atoms with Crippen LogP contribution in [0.25, 0.3) is 0 Å². The van der Waals surface area contributed by atoms with Crippen LogP contribution in [-0.2, 0) is 0 Å². The van der Waals surface area contributed by atoms with Crippen LogP contribution in [0.5, 0.6) is 0 Å². The molecule has 1 unspecified atom stereocenters. The Labute approximate surface area is 99.8 Å². The second-order valence-corrected chi connectivity index (χ2v) is 5.50. The van der Waals surface area contributed by atoms with E-state index in [0.717, 1.165) is 10.6 Å². The molecule has 2 heteroatoms. The standard InChI is InChI=1S/C12H16BrCl/c1-7(2)12(13)10-5-9(4)11(14)6-8(10)3/h5-7,12H,1-4H3. The summed E-state index contributed by atoms with van der Waals surface area (Å²) in [5, 5.41) is 0.856. The van der Waals surface area contributed by atoms with Gasteiger partial charge in [0, 0.05) is 9.85 Å². The summed E-state index contributed by atoms with van der Waals surface area (Å²) < 4.78 is 0. The van der Waals surface area contributed by atoms with Gasteiger partial charge in [-0.25, -0.2) is 0 Å². The van der Waals surface area contributed by atoms with Crippen LogP contribution >= 0.6 is 27.5 Å². The molecule has 0 bridgehead atoms. The van der Waals surface area contributed by atoms with Crippen molar-refractivity contribution in [3.05, 3.63) is 33.8 Å². The maximum atomic E-state index is 6.05. The molecule has 0 aliphatic carbocycles. The second-order valence-electron chi connectivity index (χ2n) is 4.10. The van der Waals surface area contributed by atoms with Crippen LogP contribution in [0.2, 0.25) is 5.02 Å². The summed E-state index contributed by atoms with van der Waals surface area (Å²) in [6, 6.07) is 4.22. The molecule has 78 valence electrons. The Balaban J connectivity index is 3.15.